The van der Waals surface area contributed by atoms with Gasteiger partial charge >= 0.3 is 0 Å². The van der Waals surface area contributed by atoms with E-state index in [0.29, 0.717) is 11.1 Å². The number of hydrogen-bond donors (Lipinski definition) is 1. The Balaban J connectivity index is 3.02. The molecular formula is C13H17FN2OS. The minimum atomic E-state index is -0.322. The van der Waals surface area contributed by atoms with Gasteiger partial charge in [-0.1, -0.05) is 12.2 Å². The average molecular weight is 268 g/mol. The number of aryl methyl sites for hydroxylation is 1. The molecule has 0 aliphatic rings. The summed E-state index contributed by atoms with van der Waals surface area (Å²) in [6.07, 6.45) is 0. The summed E-state index contributed by atoms with van der Waals surface area (Å²) in [5, 5.41) is 0. The molecule has 0 spiro atoms. The molecular weight excluding hydrogens is 251 g/mol. The van der Waals surface area contributed by atoms with E-state index in [1.807, 2.05) is 13.8 Å². The number of rotatable bonds is 4. The van der Waals surface area contributed by atoms with Crippen molar-refractivity contribution in [3.8, 4) is 0 Å². The molecule has 0 radical (unpaired) electrons. The zero-order valence-electron chi connectivity index (χ0n) is 10.7. The van der Waals surface area contributed by atoms with E-state index in [1.54, 1.807) is 11.8 Å². The Morgan fingerprint density at radius 1 is 1.50 bits per heavy atom. The monoisotopic (exact) mass is 268 g/mol. The zero-order valence-corrected chi connectivity index (χ0v) is 11.6. The average Bonchev–Trinajstić information content (AvgIpc) is 2.28. The molecule has 0 atom stereocenters. The fourth-order valence-electron chi connectivity index (χ4n) is 1.60. The van der Waals surface area contributed by atoms with Gasteiger partial charge in [-0.2, -0.15) is 0 Å². The zero-order chi connectivity index (χ0) is 13.9. The molecule has 0 fully saturated rings. The van der Waals surface area contributed by atoms with Crippen LogP contribution < -0.4 is 5.73 Å². The summed E-state index contributed by atoms with van der Waals surface area (Å²) in [6.45, 7) is 5.61. The lowest BCUT2D eigenvalue weighted by atomic mass is 10.1. The summed E-state index contributed by atoms with van der Waals surface area (Å²) in [5.41, 5.74) is 6.37. The van der Waals surface area contributed by atoms with Gasteiger partial charge in [-0.05, 0) is 44.5 Å². The number of carbonyl (C=O) groups excluding carboxylic acids is 1. The molecule has 18 heavy (non-hydrogen) atoms. The first-order valence-corrected chi connectivity index (χ1v) is 6.09. The Morgan fingerprint density at radius 2 is 2.11 bits per heavy atom. The molecule has 1 rings (SSSR count). The number of halogens is 1. The number of benzene rings is 1. The second kappa shape index (κ2) is 5.91. The van der Waals surface area contributed by atoms with E-state index in [1.165, 1.54) is 18.2 Å². The molecule has 0 aliphatic heterocycles. The van der Waals surface area contributed by atoms with E-state index >= 15 is 0 Å². The highest BCUT2D eigenvalue weighted by Crippen LogP contribution is 2.13. The molecule has 3 nitrogen and oxygen atoms in total. The molecule has 2 N–H and O–H groups in total. The fourth-order valence-corrected chi connectivity index (χ4v) is 1.74. The van der Waals surface area contributed by atoms with Crippen molar-refractivity contribution in [1.82, 2.24) is 4.90 Å². The second-order valence-corrected chi connectivity index (χ2v) is 4.98. The summed E-state index contributed by atoms with van der Waals surface area (Å²) in [5.74, 6) is -0.516. The topological polar surface area (TPSA) is 46.3 Å². The van der Waals surface area contributed by atoms with Crippen molar-refractivity contribution in [1.29, 1.82) is 0 Å². The third kappa shape index (κ3) is 3.50. The van der Waals surface area contributed by atoms with E-state index in [-0.39, 0.29) is 29.3 Å². The van der Waals surface area contributed by atoms with Crippen molar-refractivity contribution in [3.63, 3.8) is 0 Å². The van der Waals surface area contributed by atoms with Gasteiger partial charge in [0.25, 0.3) is 5.91 Å². The Bertz CT molecular complexity index is 474. The highest BCUT2D eigenvalue weighted by atomic mass is 32.1. The van der Waals surface area contributed by atoms with E-state index in [0.717, 1.165) is 0 Å². The first-order valence-electron chi connectivity index (χ1n) is 5.68. The maximum Gasteiger partial charge on any atom is 0.254 e. The molecule has 0 saturated carbocycles. The minimum absolute atomic E-state index is 0.0237. The number of carbonyl (C=O) groups is 1. The second-order valence-electron chi connectivity index (χ2n) is 4.46. The number of thiocarbonyl (C=S) groups is 1. The fraction of sp³-hybridized carbons (Fsp3) is 0.385. The molecule has 0 saturated heterocycles. The molecule has 0 heterocycles. The Kier molecular flexibility index (Phi) is 4.78. The molecule has 1 amide bonds. The van der Waals surface area contributed by atoms with Gasteiger partial charge in [0, 0.05) is 11.6 Å². The molecule has 0 aliphatic carbocycles. The van der Waals surface area contributed by atoms with Crippen LogP contribution >= 0.6 is 12.2 Å². The van der Waals surface area contributed by atoms with Gasteiger partial charge in [-0.15, -0.1) is 0 Å². The van der Waals surface area contributed by atoms with Crippen LogP contribution in [-0.4, -0.2) is 28.4 Å². The smallest absolute Gasteiger partial charge is 0.254 e. The third-order valence-electron chi connectivity index (χ3n) is 2.62. The van der Waals surface area contributed by atoms with Crippen molar-refractivity contribution in [2.75, 3.05) is 6.54 Å². The van der Waals surface area contributed by atoms with Gasteiger partial charge in [0.15, 0.2) is 0 Å². The van der Waals surface area contributed by atoms with Crippen molar-refractivity contribution < 1.29 is 9.18 Å². The molecule has 0 aromatic heterocycles. The van der Waals surface area contributed by atoms with E-state index < -0.39 is 0 Å². The van der Waals surface area contributed by atoms with Crippen LogP contribution in [0.1, 0.15) is 29.8 Å². The predicted molar refractivity (Wildman–Crippen MR) is 74.1 cm³/mol. The van der Waals surface area contributed by atoms with Crippen LogP contribution in [0.15, 0.2) is 18.2 Å². The lowest BCUT2D eigenvalue weighted by Crippen LogP contribution is -2.42. The summed E-state index contributed by atoms with van der Waals surface area (Å²) < 4.78 is 13.2. The van der Waals surface area contributed by atoms with Gasteiger partial charge < -0.3 is 10.6 Å². The van der Waals surface area contributed by atoms with Crippen LogP contribution in [0.25, 0.3) is 0 Å². The largest absolute Gasteiger partial charge is 0.392 e. The quantitative estimate of drug-likeness (QED) is 0.852. The Labute approximate surface area is 112 Å². The Morgan fingerprint density at radius 3 is 2.56 bits per heavy atom. The number of amides is 1. The van der Waals surface area contributed by atoms with Crippen molar-refractivity contribution >= 4 is 23.1 Å². The number of hydrogen-bond acceptors (Lipinski definition) is 2. The molecule has 1 aromatic carbocycles. The third-order valence-corrected chi connectivity index (χ3v) is 2.74. The molecule has 98 valence electrons. The maximum atomic E-state index is 13.2. The summed E-state index contributed by atoms with van der Waals surface area (Å²) in [6, 6.07) is 4.28. The van der Waals surface area contributed by atoms with Gasteiger partial charge in [-0.25, -0.2) is 4.39 Å². The van der Waals surface area contributed by atoms with E-state index in [2.05, 4.69) is 0 Å². The van der Waals surface area contributed by atoms with Gasteiger partial charge in [0.05, 0.1) is 11.5 Å². The van der Waals surface area contributed by atoms with Gasteiger partial charge in [0.1, 0.15) is 5.82 Å². The normalized spacial score (nSPS) is 10.5. The SMILES string of the molecule is Cc1cc(C(=O)N(CC(N)=S)C(C)C)ccc1F. The summed E-state index contributed by atoms with van der Waals surface area (Å²) in [7, 11) is 0. The first kappa shape index (κ1) is 14.6. The molecule has 0 bridgehead atoms. The molecule has 0 unspecified atom stereocenters. The van der Waals surface area contributed by atoms with Crippen LogP contribution in [0, 0.1) is 12.7 Å². The van der Waals surface area contributed by atoms with E-state index in [4.69, 9.17) is 18.0 Å². The highest BCUT2D eigenvalue weighted by molar-refractivity contribution is 7.80. The number of nitrogens with two attached hydrogens (primary N) is 1. The summed E-state index contributed by atoms with van der Waals surface area (Å²) in [4.78, 5) is 14.1. The summed E-state index contributed by atoms with van der Waals surface area (Å²) >= 11 is 4.83. The van der Waals surface area contributed by atoms with Crippen molar-refractivity contribution in [3.05, 3.63) is 35.1 Å². The van der Waals surface area contributed by atoms with Crippen LogP contribution in [-0.2, 0) is 0 Å². The van der Waals surface area contributed by atoms with Crippen LogP contribution in [0.4, 0.5) is 4.39 Å². The van der Waals surface area contributed by atoms with Crippen molar-refractivity contribution in [2.24, 2.45) is 5.73 Å². The molecule has 1 aromatic rings. The highest BCUT2D eigenvalue weighted by Gasteiger charge is 2.19. The number of nitrogens with zero attached hydrogens (tertiary/aromatic N) is 1. The van der Waals surface area contributed by atoms with Crippen LogP contribution in [0.2, 0.25) is 0 Å². The van der Waals surface area contributed by atoms with Crippen LogP contribution in [0.5, 0.6) is 0 Å². The predicted octanol–water partition coefficient (Wildman–Crippen LogP) is 2.27. The van der Waals surface area contributed by atoms with Gasteiger partial charge in [0.2, 0.25) is 0 Å². The maximum absolute atomic E-state index is 13.2. The van der Waals surface area contributed by atoms with Gasteiger partial charge in [-0.3, -0.25) is 4.79 Å². The molecule has 5 heteroatoms. The minimum Gasteiger partial charge on any atom is -0.392 e. The first-order chi connectivity index (χ1) is 8.32. The van der Waals surface area contributed by atoms with Crippen LogP contribution in [0.3, 0.4) is 0 Å². The van der Waals surface area contributed by atoms with Crippen molar-refractivity contribution in [2.45, 2.75) is 26.8 Å². The standard InChI is InChI=1S/C13H17FN2OS/c1-8(2)16(7-12(15)18)13(17)10-4-5-11(14)9(3)6-10/h4-6,8H,7H2,1-3H3,(H2,15,18). The van der Waals surface area contributed by atoms with E-state index in [9.17, 15) is 9.18 Å². The lowest BCUT2D eigenvalue weighted by molar-refractivity contribution is 0.0736. The lowest BCUT2D eigenvalue weighted by Gasteiger charge is -2.26. The Hall–Kier alpha value is -1.49.